The molecule has 1 unspecified atom stereocenters. The van der Waals surface area contributed by atoms with Crippen LogP contribution < -0.4 is 5.73 Å². The molecular formula is C14H21N3O2. The zero-order valence-electron chi connectivity index (χ0n) is 11.3. The highest BCUT2D eigenvalue weighted by atomic mass is 16.3. The number of hydrogen-bond donors (Lipinski definition) is 2. The molecular weight excluding hydrogens is 242 g/mol. The van der Waals surface area contributed by atoms with Gasteiger partial charge in [-0.3, -0.25) is 9.78 Å². The average molecular weight is 263 g/mol. The number of anilines is 1. The second-order valence-electron chi connectivity index (χ2n) is 5.09. The summed E-state index contributed by atoms with van der Waals surface area (Å²) in [6.07, 6.45) is 5.56. The molecule has 1 fully saturated rings. The Kier molecular flexibility index (Phi) is 4.37. The SMILES string of the molecule is Cc1ncc(N)cc1C(=O)N1CCCCCC1CO. The molecule has 0 aliphatic carbocycles. The van der Waals surface area contributed by atoms with E-state index in [1.807, 2.05) is 0 Å². The van der Waals surface area contributed by atoms with Crippen LogP contribution in [0.4, 0.5) is 5.69 Å². The van der Waals surface area contributed by atoms with E-state index in [4.69, 9.17) is 5.73 Å². The predicted molar refractivity (Wildman–Crippen MR) is 73.8 cm³/mol. The summed E-state index contributed by atoms with van der Waals surface area (Å²) < 4.78 is 0. The number of carbonyl (C=O) groups excluding carboxylic acids is 1. The molecule has 5 heteroatoms. The Morgan fingerprint density at radius 3 is 3.05 bits per heavy atom. The summed E-state index contributed by atoms with van der Waals surface area (Å²) in [6, 6.07) is 1.58. The van der Waals surface area contributed by atoms with Crippen molar-refractivity contribution in [2.45, 2.75) is 38.6 Å². The van der Waals surface area contributed by atoms with Gasteiger partial charge in [-0.05, 0) is 25.8 Å². The first-order chi connectivity index (χ1) is 9.13. The number of aliphatic hydroxyl groups excluding tert-OH is 1. The maximum Gasteiger partial charge on any atom is 0.256 e. The third-order valence-electron chi connectivity index (χ3n) is 3.69. The minimum atomic E-state index is -0.0872. The smallest absolute Gasteiger partial charge is 0.256 e. The number of pyridine rings is 1. The molecule has 0 saturated carbocycles. The number of nitrogen functional groups attached to an aromatic ring is 1. The van der Waals surface area contributed by atoms with Gasteiger partial charge in [-0.2, -0.15) is 0 Å². The Bertz CT molecular complexity index is 462. The Balaban J connectivity index is 2.27. The van der Waals surface area contributed by atoms with Gasteiger partial charge in [0.1, 0.15) is 0 Å². The Labute approximate surface area is 113 Å². The molecule has 0 bridgehead atoms. The first-order valence-corrected chi connectivity index (χ1v) is 6.77. The number of aliphatic hydroxyl groups is 1. The molecule has 2 rings (SSSR count). The lowest BCUT2D eigenvalue weighted by Gasteiger charge is -2.29. The maximum absolute atomic E-state index is 12.6. The minimum Gasteiger partial charge on any atom is -0.397 e. The van der Waals surface area contributed by atoms with Crippen molar-refractivity contribution in [2.24, 2.45) is 0 Å². The molecule has 2 heterocycles. The first-order valence-electron chi connectivity index (χ1n) is 6.77. The first kappa shape index (κ1) is 13.8. The van der Waals surface area contributed by atoms with Crippen LogP contribution in [0.1, 0.15) is 41.7 Å². The summed E-state index contributed by atoms with van der Waals surface area (Å²) in [6.45, 7) is 2.51. The summed E-state index contributed by atoms with van der Waals surface area (Å²) in [5.41, 5.74) is 7.42. The van der Waals surface area contributed by atoms with Crippen LogP contribution >= 0.6 is 0 Å². The number of likely N-dealkylation sites (tertiary alicyclic amines) is 1. The minimum absolute atomic E-state index is 0.0144. The lowest BCUT2D eigenvalue weighted by Crippen LogP contribution is -2.42. The number of hydrogen-bond acceptors (Lipinski definition) is 4. The Morgan fingerprint density at radius 1 is 1.53 bits per heavy atom. The monoisotopic (exact) mass is 263 g/mol. The number of amides is 1. The molecule has 5 nitrogen and oxygen atoms in total. The molecule has 1 aromatic rings. The molecule has 19 heavy (non-hydrogen) atoms. The van der Waals surface area contributed by atoms with Crippen molar-refractivity contribution >= 4 is 11.6 Å². The van der Waals surface area contributed by atoms with Crippen LogP contribution in [0.25, 0.3) is 0 Å². The van der Waals surface area contributed by atoms with Crippen molar-refractivity contribution in [1.29, 1.82) is 0 Å². The van der Waals surface area contributed by atoms with Gasteiger partial charge < -0.3 is 15.7 Å². The molecule has 0 radical (unpaired) electrons. The largest absolute Gasteiger partial charge is 0.397 e. The van der Waals surface area contributed by atoms with Crippen molar-refractivity contribution in [3.8, 4) is 0 Å². The normalized spacial score (nSPS) is 20.1. The summed E-state index contributed by atoms with van der Waals surface area (Å²) in [7, 11) is 0. The number of carbonyl (C=O) groups is 1. The van der Waals surface area contributed by atoms with Gasteiger partial charge in [-0.15, -0.1) is 0 Å². The number of rotatable bonds is 2. The summed E-state index contributed by atoms with van der Waals surface area (Å²) in [4.78, 5) is 18.5. The fourth-order valence-corrected chi connectivity index (χ4v) is 2.56. The van der Waals surface area contributed by atoms with Crippen molar-refractivity contribution in [2.75, 3.05) is 18.9 Å². The second-order valence-corrected chi connectivity index (χ2v) is 5.09. The van der Waals surface area contributed by atoms with E-state index >= 15 is 0 Å². The lowest BCUT2D eigenvalue weighted by molar-refractivity contribution is 0.0598. The molecule has 0 aromatic carbocycles. The van der Waals surface area contributed by atoms with E-state index in [0.717, 1.165) is 25.7 Å². The molecule has 104 valence electrons. The third-order valence-corrected chi connectivity index (χ3v) is 3.69. The number of nitrogens with zero attached hydrogens (tertiary/aromatic N) is 2. The predicted octanol–water partition coefficient (Wildman–Crippen LogP) is 1.35. The van der Waals surface area contributed by atoms with Gasteiger partial charge in [-0.25, -0.2) is 0 Å². The van der Waals surface area contributed by atoms with E-state index in [0.29, 0.717) is 23.5 Å². The van der Waals surface area contributed by atoms with Gasteiger partial charge in [0.15, 0.2) is 0 Å². The highest BCUT2D eigenvalue weighted by Crippen LogP contribution is 2.20. The van der Waals surface area contributed by atoms with Crippen LogP contribution in [0.2, 0.25) is 0 Å². The van der Waals surface area contributed by atoms with Crippen LogP contribution in [0, 0.1) is 6.92 Å². The molecule has 0 spiro atoms. The molecule has 1 aliphatic heterocycles. The summed E-state index contributed by atoms with van der Waals surface area (Å²) in [5.74, 6) is -0.0711. The van der Waals surface area contributed by atoms with E-state index in [1.165, 1.54) is 0 Å². The highest BCUT2D eigenvalue weighted by Gasteiger charge is 2.26. The Hall–Kier alpha value is -1.62. The van der Waals surface area contributed by atoms with E-state index in [1.54, 1.807) is 24.1 Å². The van der Waals surface area contributed by atoms with Crippen LogP contribution in [-0.2, 0) is 0 Å². The van der Waals surface area contributed by atoms with Gasteiger partial charge in [0.05, 0.1) is 35.8 Å². The average Bonchev–Trinajstić information content (AvgIpc) is 2.65. The van der Waals surface area contributed by atoms with Gasteiger partial charge >= 0.3 is 0 Å². The zero-order valence-corrected chi connectivity index (χ0v) is 11.3. The third kappa shape index (κ3) is 3.04. The summed E-state index contributed by atoms with van der Waals surface area (Å²) in [5, 5.41) is 9.47. The highest BCUT2D eigenvalue weighted by molar-refractivity contribution is 5.96. The van der Waals surface area contributed by atoms with E-state index in [9.17, 15) is 9.90 Å². The number of aryl methyl sites for hydroxylation is 1. The molecule has 1 amide bonds. The van der Waals surface area contributed by atoms with Gasteiger partial charge in [0.2, 0.25) is 0 Å². The van der Waals surface area contributed by atoms with Gasteiger partial charge in [-0.1, -0.05) is 12.8 Å². The van der Waals surface area contributed by atoms with Crippen molar-refractivity contribution in [1.82, 2.24) is 9.88 Å². The van der Waals surface area contributed by atoms with Crippen LogP contribution in [0.3, 0.4) is 0 Å². The molecule has 1 aromatic heterocycles. The second kappa shape index (κ2) is 6.02. The zero-order chi connectivity index (χ0) is 13.8. The van der Waals surface area contributed by atoms with Crippen molar-refractivity contribution in [3.05, 3.63) is 23.5 Å². The van der Waals surface area contributed by atoms with Crippen LogP contribution in [-0.4, -0.2) is 40.1 Å². The fraction of sp³-hybridized carbons (Fsp3) is 0.571. The van der Waals surface area contributed by atoms with Gasteiger partial charge in [0.25, 0.3) is 5.91 Å². The summed E-state index contributed by atoms with van der Waals surface area (Å²) >= 11 is 0. The maximum atomic E-state index is 12.6. The topological polar surface area (TPSA) is 79.5 Å². The molecule has 1 aliphatic rings. The van der Waals surface area contributed by atoms with Crippen LogP contribution in [0.15, 0.2) is 12.3 Å². The van der Waals surface area contributed by atoms with Crippen molar-refractivity contribution in [3.63, 3.8) is 0 Å². The van der Waals surface area contributed by atoms with Crippen LogP contribution in [0.5, 0.6) is 0 Å². The molecule has 1 atom stereocenters. The molecule has 3 N–H and O–H groups in total. The van der Waals surface area contributed by atoms with E-state index in [2.05, 4.69) is 4.98 Å². The van der Waals surface area contributed by atoms with E-state index in [-0.39, 0.29) is 18.6 Å². The standard InChI is InChI=1S/C14H21N3O2/c1-10-13(7-11(15)8-16-10)14(19)17-6-4-2-3-5-12(17)9-18/h7-8,12,18H,2-6,9,15H2,1H3. The quantitative estimate of drug-likeness (QED) is 0.844. The number of aromatic nitrogens is 1. The Morgan fingerprint density at radius 2 is 2.32 bits per heavy atom. The lowest BCUT2D eigenvalue weighted by atomic mass is 10.1. The molecule has 1 saturated heterocycles. The van der Waals surface area contributed by atoms with E-state index < -0.39 is 0 Å². The number of nitrogens with two attached hydrogens (primary N) is 1. The fourth-order valence-electron chi connectivity index (χ4n) is 2.56. The van der Waals surface area contributed by atoms with Gasteiger partial charge in [0, 0.05) is 6.54 Å². The van der Waals surface area contributed by atoms with Crippen molar-refractivity contribution < 1.29 is 9.90 Å².